The molecule has 3 rings (SSSR count). The van der Waals surface area contributed by atoms with E-state index < -0.39 is 20.0 Å². The van der Waals surface area contributed by atoms with Crippen molar-refractivity contribution in [3.8, 4) is 0 Å². The molecule has 6 nitrogen and oxygen atoms in total. The summed E-state index contributed by atoms with van der Waals surface area (Å²) >= 11 is 5.91. The summed E-state index contributed by atoms with van der Waals surface area (Å²) in [5.74, 6) is 0.139. The Kier molecular flexibility index (Phi) is 5.46. The first kappa shape index (κ1) is 19.1. The number of piperidine rings is 1. The lowest BCUT2D eigenvalue weighted by Gasteiger charge is -2.31. The van der Waals surface area contributed by atoms with Crippen molar-refractivity contribution in [3.05, 3.63) is 28.8 Å². The van der Waals surface area contributed by atoms with Gasteiger partial charge in [-0.05, 0) is 56.2 Å². The molecule has 1 saturated carbocycles. The summed E-state index contributed by atoms with van der Waals surface area (Å²) < 4.78 is 53.7. The van der Waals surface area contributed by atoms with Gasteiger partial charge in [0.15, 0.2) is 0 Å². The number of sulfonamides is 2. The third kappa shape index (κ3) is 4.36. The summed E-state index contributed by atoms with van der Waals surface area (Å²) in [4.78, 5) is 0.189. The Balaban J connectivity index is 1.57. The predicted octanol–water partition coefficient (Wildman–Crippen LogP) is 2.13. The van der Waals surface area contributed by atoms with E-state index >= 15 is 0 Å². The summed E-state index contributed by atoms with van der Waals surface area (Å²) in [5.41, 5.74) is 0.641. The van der Waals surface area contributed by atoms with E-state index in [1.54, 1.807) is 23.4 Å². The number of nitrogens with one attached hydrogen (secondary N) is 1. The fourth-order valence-electron chi connectivity index (χ4n) is 3.11. The van der Waals surface area contributed by atoms with Crippen LogP contribution in [0.5, 0.6) is 0 Å². The Morgan fingerprint density at radius 1 is 1.12 bits per heavy atom. The lowest BCUT2D eigenvalue weighted by atomic mass is 9.99. The quantitative estimate of drug-likeness (QED) is 0.784. The molecule has 1 aliphatic carbocycles. The highest BCUT2D eigenvalue weighted by Crippen LogP contribution is 2.33. The molecule has 9 heteroatoms. The second kappa shape index (κ2) is 7.15. The third-order valence-corrected chi connectivity index (χ3v) is 9.08. The van der Waals surface area contributed by atoms with Gasteiger partial charge in [0.05, 0.1) is 10.1 Å². The molecule has 2 fully saturated rings. The fraction of sp³-hybridized carbons (Fsp3) is 0.625. The van der Waals surface area contributed by atoms with Crippen LogP contribution in [0.2, 0.25) is 5.02 Å². The first-order chi connectivity index (χ1) is 11.7. The minimum Gasteiger partial charge on any atom is -0.212 e. The van der Waals surface area contributed by atoms with Crippen LogP contribution in [0.1, 0.15) is 31.2 Å². The smallest absolute Gasteiger partial charge is 0.212 e. The molecule has 1 heterocycles. The van der Waals surface area contributed by atoms with E-state index in [0.29, 0.717) is 43.1 Å². The van der Waals surface area contributed by atoms with Crippen molar-refractivity contribution in [3.63, 3.8) is 0 Å². The summed E-state index contributed by atoms with van der Waals surface area (Å²) in [5, 5.41) is 0.193. The molecule has 0 bridgehead atoms. The Morgan fingerprint density at radius 2 is 1.76 bits per heavy atom. The SMILES string of the molecule is Cc1ccc(Cl)cc1S(=O)(=O)NCC1CCN(S(=O)(=O)C2CC2)CC1. The van der Waals surface area contributed by atoms with Crippen LogP contribution in [0, 0.1) is 12.8 Å². The van der Waals surface area contributed by atoms with E-state index in [1.165, 1.54) is 6.07 Å². The number of hydrogen-bond donors (Lipinski definition) is 1. The lowest BCUT2D eigenvalue weighted by Crippen LogP contribution is -2.42. The molecular formula is C16H23ClN2O4S2. The van der Waals surface area contributed by atoms with Crippen LogP contribution in [0.15, 0.2) is 23.1 Å². The van der Waals surface area contributed by atoms with Crippen LogP contribution in [0.25, 0.3) is 0 Å². The minimum atomic E-state index is -3.62. The van der Waals surface area contributed by atoms with Crippen molar-refractivity contribution >= 4 is 31.6 Å². The van der Waals surface area contributed by atoms with Crippen LogP contribution < -0.4 is 4.72 Å². The molecule has 140 valence electrons. The molecule has 1 N–H and O–H groups in total. The minimum absolute atomic E-state index is 0.139. The predicted molar refractivity (Wildman–Crippen MR) is 97.6 cm³/mol. The van der Waals surface area contributed by atoms with Crippen LogP contribution in [0.4, 0.5) is 0 Å². The number of halogens is 1. The molecule has 1 aromatic carbocycles. The van der Waals surface area contributed by atoms with Gasteiger partial charge >= 0.3 is 0 Å². The number of rotatable bonds is 6. The summed E-state index contributed by atoms with van der Waals surface area (Å²) in [6, 6.07) is 4.79. The summed E-state index contributed by atoms with van der Waals surface area (Å²) in [7, 11) is -6.75. The van der Waals surface area contributed by atoms with E-state index in [4.69, 9.17) is 11.6 Å². The largest absolute Gasteiger partial charge is 0.240 e. The number of hydrogen-bond acceptors (Lipinski definition) is 4. The first-order valence-corrected chi connectivity index (χ1v) is 11.8. The highest BCUT2D eigenvalue weighted by molar-refractivity contribution is 7.90. The molecule has 0 radical (unpaired) electrons. The van der Waals surface area contributed by atoms with Crippen LogP contribution in [-0.2, 0) is 20.0 Å². The van der Waals surface area contributed by atoms with E-state index in [1.807, 2.05) is 0 Å². The van der Waals surface area contributed by atoms with Gasteiger partial charge < -0.3 is 0 Å². The van der Waals surface area contributed by atoms with Crippen LogP contribution >= 0.6 is 11.6 Å². The lowest BCUT2D eigenvalue weighted by molar-refractivity contribution is 0.274. The average molecular weight is 407 g/mol. The fourth-order valence-corrected chi connectivity index (χ4v) is 6.61. The second-order valence-electron chi connectivity index (χ2n) is 6.85. The van der Waals surface area contributed by atoms with Gasteiger partial charge in [-0.3, -0.25) is 0 Å². The van der Waals surface area contributed by atoms with Crippen molar-refractivity contribution in [2.45, 2.75) is 42.8 Å². The average Bonchev–Trinajstić information content (AvgIpc) is 3.41. The summed E-state index contributed by atoms with van der Waals surface area (Å²) in [6.07, 6.45) is 2.87. The molecular weight excluding hydrogens is 384 g/mol. The first-order valence-electron chi connectivity index (χ1n) is 8.45. The van der Waals surface area contributed by atoms with Gasteiger partial charge in [0, 0.05) is 24.7 Å². The maximum atomic E-state index is 12.5. The number of nitrogens with zero attached hydrogens (tertiary/aromatic N) is 1. The number of benzene rings is 1. The molecule has 0 spiro atoms. The van der Waals surface area contributed by atoms with Gasteiger partial charge in [0.2, 0.25) is 20.0 Å². The standard InChI is InChI=1S/C16H23ClN2O4S2/c1-12-2-3-14(17)10-16(12)24(20,21)18-11-13-6-8-19(9-7-13)25(22,23)15-4-5-15/h2-3,10,13,15,18H,4-9,11H2,1H3. The molecule has 0 aromatic heterocycles. The Bertz CT molecular complexity index is 843. The monoisotopic (exact) mass is 406 g/mol. The highest BCUT2D eigenvalue weighted by Gasteiger charge is 2.41. The third-order valence-electron chi connectivity index (χ3n) is 4.88. The molecule has 2 aliphatic rings. The van der Waals surface area contributed by atoms with Crippen molar-refractivity contribution < 1.29 is 16.8 Å². The molecule has 0 atom stereocenters. The molecule has 0 unspecified atom stereocenters. The van der Waals surface area contributed by atoms with Crippen molar-refractivity contribution in [2.24, 2.45) is 5.92 Å². The highest BCUT2D eigenvalue weighted by atomic mass is 35.5. The molecule has 1 saturated heterocycles. The molecule has 1 aliphatic heterocycles. The van der Waals surface area contributed by atoms with E-state index in [2.05, 4.69) is 4.72 Å². The maximum Gasteiger partial charge on any atom is 0.240 e. The van der Waals surface area contributed by atoms with Crippen molar-refractivity contribution in [1.82, 2.24) is 9.03 Å². The molecule has 1 aromatic rings. The van der Waals surface area contributed by atoms with E-state index in [0.717, 1.165) is 12.8 Å². The van der Waals surface area contributed by atoms with Gasteiger partial charge in [0.25, 0.3) is 0 Å². The van der Waals surface area contributed by atoms with Gasteiger partial charge in [-0.25, -0.2) is 25.9 Å². The Hall–Kier alpha value is -0.670. The van der Waals surface area contributed by atoms with Crippen LogP contribution in [-0.4, -0.2) is 46.0 Å². The van der Waals surface area contributed by atoms with Crippen molar-refractivity contribution in [2.75, 3.05) is 19.6 Å². The molecule has 25 heavy (non-hydrogen) atoms. The van der Waals surface area contributed by atoms with Crippen molar-refractivity contribution in [1.29, 1.82) is 0 Å². The summed E-state index contributed by atoms with van der Waals surface area (Å²) in [6.45, 7) is 2.99. The topological polar surface area (TPSA) is 83.6 Å². The zero-order valence-electron chi connectivity index (χ0n) is 14.1. The van der Waals surface area contributed by atoms with Gasteiger partial charge in [-0.15, -0.1) is 0 Å². The molecule has 0 amide bonds. The van der Waals surface area contributed by atoms with E-state index in [9.17, 15) is 16.8 Å². The van der Waals surface area contributed by atoms with Gasteiger partial charge in [0.1, 0.15) is 0 Å². The second-order valence-corrected chi connectivity index (χ2v) is 11.2. The van der Waals surface area contributed by atoms with Gasteiger partial charge in [-0.2, -0.15) is 0 Å². The number of aryl methyl sites for hydroxylation is 1. The van der Waals surface area contributed by atoms with E-state index in [-0.39, 0.29) is 16.1 Å². The Morgan fingerprint density at radius 3 is 2.36 bits per heavy atom. The Labute approximate surface area is 154 Å². The maximum absolute atomic E-state index is 12.5. The van der Waals surface area contributed by atoms with Gasteiger partial charge in [-0.1, -0.05) is 17.7 Å². The zero-order valence-corrected chi connectivity index (χ0v) is 16.5. The van der Waals surface area contributed by atoms with Crippen LogP contribution in [0.3, 0.4) is 0 Å². The normalized spacial score (nSPS) is 20.7. The zero-order chi connectivity index (χ0) is 18.2.